The van der Waals surface area contributed by atoms with Gasteiger partial charge in [0.25, 0.3) is 0 Å². The van der Waals surface area contributed by atoms with Crippen molar-refractivity contribution in [1.29, 1.82) is 0 Å². The van der Waals surface area contributed by atoms with Gasteiger partial charge in [0.1, 0.15) is 23.5 Å². The molecule has 0 aliphatic heterocycles. The molecule has 3 heteroatoms. The minimum absolute atomic E-state index is 0.583. The lowest BCUT2D eigenvalue weighted by Crippen LogP contribution is -2.33. The molecule has 10 heavy (non-hydrogen) atoms. The molecule has 0 saturated heterocycles. The summed E-state index contributed by atoms with van der Waals surface area (Å²) in [6.45, 7) is 1.85. The predicted molar refractivity (Wildman–Crippen MR) is 47.3 cm³/mol. The third-order valence-corrected chi connectivity index (χ3v) is 1.59. The number of rotatable bonds is 0. The molecule has 1 aromatic rings. The minimum atomic E-state index is 0.583. The Balaban J connectivity index is 3.34. The summed E-state index contributed by atoms with van der Waals surface area (Å²) in [4.78, 5) is 0. The van der Waals surface area contributed by atoms with E-state index in [4.69, 9.17) is 23.5 Å². The molecule has 0 aliphatic carbocycles. The Kier molecular flexibility index (Phi) is 1.93. The normalized spacial score (nSPS) is 9.70. The van der Waals surface area contributed by atoms with Crippen molar-refractivity contribution in [2.75, 3.05) is 0 Å². The number of hydrogen-bond acceptors (Lipinski definition) is 0. The molecule has 1 aromatic carbocycles. The van der Waals surface area contributed by atoms with Gasteiger partial charge in [-0.1, -0.05) is 23.2 Å². The standard InChI is InChI=1S/C7H5B3/c1-4-5(8)2-3-6(9)7(4)10/h2-3H,1H3. The van der Waals surface area contributed by atoms with Crippen LogP contribution in [0.5, 0.6) is 0 Å². The van der Waals surface area contributed by atoms with Crippen LogP contribution in [0, 0.1) is 6.92 Å². The Morgan fingerprint density at radius 3 is 2.00 bits per heavy atom. The first-order valence-electron chi connectivity index (χ1n) is 3.03. The van der Waals surface area contributed by atoms with Gasteiger partial charge in [0.05, 0.1) is 0 Å². The van der Waals surface area contributed by atoms with Gasteiger partial charge in [-0.25, -0.2) is 0 Å². The Hall–Kier alpha value is -0.585. The van der Waals surface area contributed by atoms with Crippen molar-refractivity contribution in [1.82, 2.24) is 0 Å². The second-order valence-corrected chi connectivity index (χ2v) is 2.28. The van der Waals surface area contributed by atoms with Crippen molar-refractivity contribution in [3.63, 3.8) is 0 Å². The molecule has 0 fully saturated rings. The molecule has 0 saturated carbocycles. The highest BCUT2D eigenvalue weighted by Gasteiger charge is 1.96. The number of benzene rings is 1. The van der Waals surface area contributed by atoms with Gasteiger partial charge in [0.2, 0.25) is 0 Å². The molecular weight excluding hydrogens is 117 g/mol. The second-order valence-electron chi connectivity index (χ2n) is 2.28. The lowest BCUT2D eigenvalue weighted by atomic mass is 9.73. The highest BCUT2D eigenvalue weighted by Crippen LogP contribution is 1.82. The van der Waals surface area contributed by atoms with Crippen LogP contribution in [-0.2, 0) is 0 Å². The largest absolute Gasteiger partial charge is 0.114 e. The van der Waals surface area contributed by atoms with E-state index in [1.54, 1.807) is 12.1 Å². The summed E-state index contributed by atoms with van der Waals surface area (Å²) in [5, 5.41) is 0. The van der Waals surface area contributed by atoms with E-state index in [1.165, 1.54) is 0 Å². The van der Waals surface area contributed by atoms with Crippen molar-refractivity contribution in [2.24, 2.45) is 0 Å². The van der Waals surface area contributed by atoms with E-state index in [0.29, 0.717) is 16.4 Å². The van der Waals surface area contributed by atoms with Crippen LogP contribution in [-0.4, -0.2) is 23.5 Å². The van der Waals surface area contributed by atoms with Gasteiger partial charge < -0.3 is 0 Å². The van der Waals surface area contributed by atoms with Crippen molar-refractivity contribution < 1.29 is 0 Å². The minimum Gasteiger partial charge on any atom is -0.103 e. The quantitative estimate of drug-likeness (QED) is 0.362. The fourth-order valence-corrected chi connectivity index (χ4v) is 0.766. The maximum Gasteiger partial charge on any atom is 0.114 e. The SMILES string of the molecule is [B]c1ccc([B])c(C)c1[B]. The lowest BCUT2D eigenvalue weighted by molar-refractivity contribution is 1.58. The third kappa shape index (κ3) is 1.13. The first-order valence-corrected chi connectivity index (χ1v) is 3.03. The van der Waals surface area contributed by atoms with Gasteiger partial charge in [-0.3, -0.25) is 0 Å². The monoisotopic (exact) mass is 122 g/mol. The highest BCUT2D eigenvalue weighted by atomic mass is 13.9. The van der Waals surface area contributed by atoms with Crippen molar-refractivity contribution in [2.45, 2.75) is 6.92 Å². The molecule has 0 unspecified atom stereocenters. The van der Waals surface area contributed by atoms with Crippen LogP contribution in [0.2, 0.25) is 0 Å². The van der Waals surface area contributed by atoms with Gasteiger partial charge >= 0.3 is 0 Å². The molecule has 1 rings (SSSR count). The van der Waals surface area contributed by atoms with Crippen molar-refractivity contribution in [3.8, 4) is 0 Å². The van der Waals surface area contributed by atoms with Crippen LogP contribution in [0.1, 0.15) is 5.56 Å². The van der Waals surface area contributed by atoms with E-state index < -0.39 is 0 Å². The van der Waals surface area contributed by atoms with Gasteiger partial charge in [0.15, 0.2) is 0 Å². The molecule has 0 spiro atoms. The second kappa shape index (κ2) is 2.57. The van der Waals surface area contributed by atoms with E-state index in [0.717, 1.165) is 5.56 Å². The fourth-order valence-electron chi connectivity index (χ4n) is 0.766. The van der Waals surface area contributed by atoms with Gasteiger partial charge in [0, 0.05) is 0 Å². The molecule has 6 radical (unpaired) electrons. The summed E-state index contributed by atoms with van der Waals surface area (Å²) in [7, 11) is 16.6. The smallest absolute Gasteiger partial charge is 0.103 e. The first kappa shape index (κ1) is 7.52. The molecule has 0 atom stereocenters. The van der Waals surface area contributed by atoms with E-state index >= 15 is 0 Å². The zero-order valence-electron chi connectivity index (χ0n) is 5.89. The maximum absolute atomic E-state index is 5.58. The van der Waals surface area contributed by atoms with Crippen LogP contribution in [0.25, 0.3) is 0 Å². The average molecular weight is 122 g/mol. The predicted octanol–water partition coefficient (Wildman–Crippen LogP) is -1.62. The molecular formula is C7H5B3. The molecule has 0 nitrogen and oxygen atoms in total. The van der Waals surface area contributed by atoms with Crippen LogP contribution in [0.3, 0.4) is 0 Å². The zero-order chi connectivity index (χ0) is 7.72. The van der Waals surface area contributed by atoms with E-state index in [9.17, 15) is 0 Å². The Morgan fingerprint density at radius 2 is 1.50 bits per heavy atom. The molecule has 0 aliphatic rings. The molecule has 0 aromatic heterocycles. The zero-order valence-corrected chi connectivity index (χ0v) is 5.89. The van der Waals surface area contributed by atoms with Crippen LogP contribution in [0.4, 0.5) is 0 Å². The van der Waals surface area contributed by atoms with Crippen LogP contribution < -0.4 is 16.4 Å². The summed E-state index contributed by atoms with van der Waals surface area (Å²) < 4.78 is 0. The Morgan fingerprint density at radius 1 is 1.00 bits per heavy atom. The maximum atomic E-state index is 5.58. The topological polar surface area (TPSA) is 0 Å². The molecule has 42 valence electrons. The summed E-state index contributed by atoms with van der Waals surface area (Å²) in [5.41, 5.74) is 2.72. The summed E-state index contributed by atoms with van der Waals surface area (Å²) in [6, 6.07) is 3.46. The van der Waals surface area contributed by atoms with E-state index in [-0.39, 0.29) is 0 Å². The van der Waals surface area contributed by atoms with Crippen LogP contribution in [0.15, 0.2) is 12.1 Å². The lowest BCUT2D eigenvalue weighted by Gasteiger charge is -2.07. The van der Waals surface area contributed by atoms with Crippen LogP contribution >= 0.6 is 0 Å². The molecule has 0 bridgehead atoms. The van der Waals surface area contributed by atoms with Gasteiger partial charge in [-0.2, -0.15) is 0 Å². The summed E-state index contributed by atoms with van der Waals surface area (Å²) in [5.74, 6) is 0. The Labute approximate surface area is 65.3 Å². The van der Waals surface area contributed by atoms with Crippen molar-refractivity contribution >= 4 is 39.9 Å². The average Bonchev–Trinajstić information content (AvgIpc) is 1.93. The highest BCUT2D eigenvalue weighted by molar-refractivity contribution is 6.51. The first-order chi connectivity index (χ1) is 4.63. The number of hydrogen-bond donors (Lipinski definition) is 0. The van der Waals surface area contributed by atoms with E-state index in [1.807, 2.05) is 6.92 Å². The van der Waals surface area contributed by atoms with Gasteiger partial charge in [-0.05, 0) is 6.92 Å². The Bertz CT molecular complexity index is 228. The summed E-state index contributed by atoms with van der Waals surface area (Å²) >= 11 is 0. The molecule has 0 N–H and O–H groups in total. The summed E-state index contributed by atoms with van der Waals surface area (Å²) in [6.07, 6.45) is 0. The van der Waals surface area contributed by atoms with Crippen molar-refractivity contribution in [3.05, 3.63) is 17.7 Å². The third-order valence-electron chi connectivity index (χ3n) is 1.59. The molecule has 0 heterocycles. The van der Waals surface area contributed by atoms with Gasteiger partial charge in [-0.15, -0.1) is 10.9 Å². The molecule has 0 amide bonds. The van der Waals surface area contributed by atoms with E-state index in [2.05, 4.69) is 0 Å². The fraction of sp³-hybridized carbons (Fsp3) is 0.143.